The molecule has 0 aliphatic carbocycles. The predicted molar refractivity (Wildman–Crippen MR) is 128 cm³/mol. The van der Waals surface area contributed by atoms with E-state index in [2.05, 4.69) is 62.9 Å². The molecular formula is C23H29BrN2OS. The summed E-state index contributed by atoms with van der Waals surface area (Å²) in [5.41, 5.74) is 5.45. The van der Waals surface area contributed by atoms with Gasteiger partial charge in [0, 0.05) is 23.5 Å². The molecule has 0 N–H and O–H groups in total. The number of amidine groups is 1. The quantitative estimate of drug-likeness (QED) is 0.498. The second-order valence-electron chi connectivity index (χ2n) is 7.44. The van der Waals surface area contributed by atoms with E-state index in [1.165, 1.54) is 11.1 Å². The van der Waals surface area contributed by atoms with Crippen LogP contribution in [0.4, 0.5) is 5.69 Å². The van der Waals surface area contributed by atoms with E-state index in [1.54, 1.807) is 11.8 Å². The van der Waals surface area contributed by atoms with E-state index in [1.807, 2.05) is 12.1 Å². The Kier molecular flexibility index (Phi) is 8.32. The predicted octanol–water partition coefficient (Wildman–Crippen LogP) is 6.19. The average Bonchev–Trinajstić information content (AvgIpc) is 2.68. The van der Waals surface area contributed by atoms with Gasteiger partial charge in [-0.1, -0.05) is 62.0 Å². The van der Waals surface area contributed by atoms with Crippen LogP contribution in [0, 0.1) is 13.8 Å². The number of rotatable bonds is 5. The van der Waals surface area contributed by atoms with Crippen molar-refractivity contribution in [2.75, 3.05) is 23.7 Å². The zero-order valence-corrected chi connectivity index (χ0v) is 19.6. The second kappa shape index (κ2) is 10.3. The molecule has 0 atom stereocenters. The lowest BCUT2D eigenvalue weighted by atomic mass is 10.0. The maximum atomic E-state index is 13.0. The Morgan fingerprint density at radius 2 is 1.86 bits per heavy atom. The Labute approximate surface area is 183 Å². The molecule has 2 aromatic rings. The summed E-state index contributed by atoms with van der Waals surface area (Å²) in [6.45, 7) is 9.66. The summed E-state index contributed by atoms with van der Waals surface area (Å²) >= 11 is 1.75. The maximum absolute atomic E-state index is 13.0. The number of carbonyl (C=O) groups excluding carboxylic acids is 1. The molecule has 5 heteroatoms. The Balaban J connectivity index is 0.00000280. The summed E-state index contributed by atoms with van der Waals surface area (Å²) in [5.74, 6) is 1.64. The van der Waals surface area contributed by atoms with Gasteiger partial charge in [0.1, 0.15) is 0 Å². The largest absolute Gasteiger partial charge is 0.313 e. The minimum absolute atomic E-state index is 0. The van der Waals surface area contributed by atoms with Crippen molar-refractivity contribution in [1.29, 1.82) is 0 Å². The summed E-state index contributed by atoms with van der Waals surface area (Å²) in [7, 11) is 0. The number of Topliss-reactive ketones (excluding diaryl/α,β-unsaturated/α-hetero) is 1. The molecule has 150 valence electrons. The Morgan fingerprint density at radius 1 is 1.14 bits per heavy atom. The molecule has 1 aliphatic heterocycles. The van der Waals surface area contributed by atoms with Crippen LogP contribution in [-0.2, 0) is 0 Å². The van der Waals surface area contributed by atoms with Gasteiger partial charge in [-0.15, -0.1) is 17.0 Å². The van der Waals surface area contributed by atoms with Crippen molar-refractivity contribution in [3.8, 4) is 0 Å². The number of hydrogen-bond donors (Lipinski definition) is 0. The third-order valence-electron chi connectivity index (χ3n) is 4.87. The fraction of sp³-hybridized carbons (Fsp3) is 0.391. The van der Waals surface area contributed by atoms with Crippen LogP contribution >= 0.6 is 28.7 Å². The maximum Gasteiger partial charge on any atom is 0.182 e. The van der Waals surface area contributed by atoms with Gasteiger partial charge < -0.3 is 4.90 Å². The summed E-state index contributed by atoms with van der Waals surface area (Å²) in [5, 5.41) is 0.960. The average molecular weight is 461 g/mol. The van der Waals surface area contributed by atoms with E-state index in [9.17, 15) is 4.79 Å². The van der Waals surface area contributed by atoms with Crippen molar-refractivity contribution < 1.29 is 4.79 Å². The van der Waals surface area contributed by atoms with Gasteiger partial charge in [0.05, 0.1) is 6.54 Å². The van der Waals surface area contributed by atoms with Gasteiger partial charge in [0.2, 0.25) is 0 Å². The molecule has 2 aromatic carbocycles. The molecule has 3 rings (SSSR count). The Hall–Kier alpha value is -1.59. The van der Waals surface area contributed by atoms with Gasteiger partial charge in [0.15, 0.2) is 11.0 Å². The second-order valence-corrected chi connectivity index (χ2v) is 8.50. The van der Waals surface area contributed by atoms with Crippen molar-refractivity contribution in [3.05, 3.63) is 64.7 Å². The van der Waals surface area contributed by atoms with E-state index in [4.69, 9.17) is 4.99 Å². The highest BCUT2D eigenvalue weighted by atomic mass is 79.9. The molecule has 0 aromatic heterocycles. The molecule has 3 nitrogen and oxygen atoms in total. The van der Waals surface area contributed by atoms with Gasteiger partial charge >= 0.3 is 0 Å². The lowest BCUT2D eigenvalue weighted by molar-refractivity contribution is 0.100. The van der Waals surface area contributed by atoms with Crippen molar-refractivity contribution in [1.82, 2.24) is 0 Å². The third kappa shape index (κ3) is 5.48. The molecule has 0 fully saturated rings. The highest BCUT2D eigenvalue weighted by Crippen LogP contribution is 2.27. The molecule has 0 saturated carbocycles. The number of halogens is 1. The van der Waals surface area contributed by atoms with Crippen molar-refractivity contribution in [2.24, 2.45) is 4.99 Å². The Morgan fingerprint density at radius 3 is 2.46 bits per heavy atom. The lowest BCUT2D eigenvalue weighted by Crippen LogP contribution is -2.36. The van der Waals surface area contributed by atoms with Crippen LogP contribution in [0.5, 0.6) is 0 Å². The topological polar surface area (TPSA) is 32.7 Å². The summed E-state index contributed by atoms with van der Waals surface area (Å²) in [6, 6.07) is 14.4. The van der Waals surface area contributed by atoms with Gasteiger partial charge in [-0.2, -0.15) is 0 Å². The Bertz CT molecular complexity index is 846. The van der Waals surface area contributed by atoms with E-state index in [-0.39, 0.29) is 22.8 Å². The lowest BCUT2D eigenvalue weighted by Gasteiger charge is -2.28. The minimum Gasteiger partial charge on any atom is -0.313 e. The number of nitrogens with zero attached hydrogens (tertiary/aromatic N) is 2. The van der Waals surface area contributed by atoms with E-state index in [0.717, 1.165) is 40.7 Å². The SMILES string of the molecule is Br.Cc1ccc(C)c(N(CC(=O)c2ccc(C(C)C)cc2)C2=NCCCS2)c1. The number of thioether (sulfide) groups is 1. The zero-order chi connectivity index (χ0) is 19.4. The van der Waals surface area contributed by atoms with Crippen LogP contribution in [0.2, 0.25) is 0 Å². The van der Waals surface area contributed by atoms with Crippen LogP contribution in [0.25, 0.3) is 0 Å². The van der Waals surface area contributed by atoms with Gasteiger partial charge in [-0.05, 0) is 48.9 Å². The van der Waals surface area contributed by atoms with Crippen LogP contribution in [0.15, 0.2) is 47.5 Å². The summed E-state index contributed by atoms with van der Waals surface area (Å²) < 4.78 is 0. The fourth-order valence-electron chi connectivity index (χ4n) is 3.17. The molecule has 0 amide bonds. The number of hydrogen-bond acceptors (Lipinski definition) is 4. The number of aliphatic imine (C=N–C) groups is 1. The first-order valence-corrected chi connectivity index (χ1v) is 10.6. The number of ketones is 1. The first-order chi connectivity index (χ1) is 13.0. The van der Waals surface area contributed by atoms with Crippen LogP contribution < -0.4 is 4.90 Å². The highest BCUT2D eigenvalue weighted by Gasteiger charge is 2.22. The van der Waals surface area contributed by atoms with E-state index in [0.29, 0.717) is 12.5 Å². The highest BCUT2D eigenvalue weighted by molar-refractivity contribution is 8.93. The van der Waals surface area contributed by atoms with Crippen LogP contribution in [-0.4, -0.2) is 29.8 Å². The summed E-state index contributed by atoms with van der Waals surface area (Å²) in [4.78, 5) is 19.9. The first-order valence-electron chi connectivity index (χ1n) is 9.61. The van der Waals surface area contributed by atoms with E-state index >= 15 is 0 Å². The van der Waals surface area contributed by atoms with Crippen molar-refractivity contribution >= 4 is 45.4 Å². The monoisotopic (exact) mass is 460 g/mol. The van der Waals surface area contributed by atoms with Crippen molar-refractivity contribution in [3.63, 3.8) is 0 Å². The van der Waals surface area contributed by atoms with E-state index < -0.39 is 0 Å². The van der Waals surface area contributed by atoms with Gasteiger partial charge in [0.25, 0.3) is 0 Å². The van der Waals surface area contributed by atoms with Gasteiger partial charge in [-0.25, -0.2) is 0 Å². The molecule has 0 spiro atoms. The molecule has 28 heavy (non-hydrogen) atoms. The zero-order valence-electron chi connectivity index (χ0n) is 17.1. The van der Waals surface area contributed by atoms with Gasteiger partial charge in [-0.3, -0.25) is 9.79 Å². The van der Waals surface area contributed by atoms with Crippen LogP contribution in [0.1, 0.15) is 53.2 Å². The standard InChI is InChI=1S/C23H28N2OS.BrH/c1-16(2)19-8-10-20(11-9-19)22(26)15-25(23-24-12-5-13-27-23)21-14-17(3)6-7-18(21)4;/h6-11,14,16H,5,12-13,15H2,1-4H3;1H. The molecule has 0 saturated heterocycles. The fourth-order valence-corrected chi connectivity index (χ4v) is 4.12. The van der Waals surface area contributed by atoms with Crippen LogP contribution in [0.3, 0.4) is 0 Å². The summed E-state index contributed by atoms with van der Waals surface area (Å²) in [6.07, 6.45) is 1.10. The minimum atomic E-state index is 0. The molecular weight excluding hydrogens is 432 g/mol. The van der Waals surface area contributed by atoms with Crippen molar-refractivity contribution in [2.45, 2.75) is 40.0 Å². The molecule has 1 aliphatic rings. The molecule has 1 heterocycles. The number of anilines is 1. The first kappa shape index (κ1) is 22.7. The molecule has 0 unspecified atom stereocenters. The molecule has 0 radical (unpaired) electrons. The normalized spacial score (nSPS) is 13.7. The number of aryl methyl sites for hydroxylation is 2. The molecule has 0 bridgehead atoms. The number of carbonyl (C=O) groups is 1. The number of benzene rings is 2. The third-order valence-corrected chi connectivity index (χ3v) is 5.97. The smallest absolute Gasteiger partial charge is 0.182 e.